The van der Waals surface area contributed by atoms with Crippen molar-refractivity contribution < 1.29 is 19.8 Å². The fraction of sp³-hybridized carbons (Fsp3) is 0.214. The second-order valence-corrected chi connectivity index (χ2v) is 4.93. The van der Waals surface area contributed by atoms with E-state index in [0.29, 0.717) is 10.9 Å². The Morgan fingerprint density at radius 1 is 1.33 bits per heavy atom. The second kappa shape index (κ2) is 6.07. The van der Waals surface area contributed by atoms with Crippen LogP contribution in [0.4, 0.5) is 0 Å². The van der Waals surface area contributed by atoms with Crippen LogP contribution < -0.4 is 5.32 Å². The van der Waals surface area contributed by atoms with E-state index in [1.807, 2.05) is 0 Å². The number of benzene rings is 1. The molecule has 0 aliphatic heterocycles. The SMILES string of the molecule is CC(O)C(NC(=O)c1cc(Cl)nc2ccccc12)C(=O)O. The van der Waals surface area contributed by atoms with Crippen LogP contribution in [0.2, 0.25) is 5.15 Å². The number of carbonyl (C=O) groups is 2. The van der Waals surface area contributed by atoms with Gasteiger partial charge in [0.2, 0.25) is 0 Å². The number of nitrogens with zero attached hydrogens (tertiary/aromatic N) is 1. The van der Waals surface area contributed by atoms with E-state index in [9.17, 15) is 14.7 Å². The van der Waals surface area contributed by atoms with Crippen LogP contribution in [0.5, 0.6) is 0 Å². The van der Waals surface area contributed by atoms with E-state index < -0.39 is 24.0 Å². The summed E-state index contributed by atoms with van der Waals surface area (Å²) in [5.74, 6) is -1.95. The molecule has 2 rings (SSSR count). The number of aromatic nitrogens is 1. The Morgan fingerprint density at radius 2 is 2.00 bits per heavy atom. The number of rotatable bonds is 4. The highest BCUT2D eigenvalue weighted by Crippen LogP contribution is 2.20. The van der Waals surface area contributed by atoms with Gasteiger partial charge in [0.1, 0.15) is 5.15 Å². The number of amides is 1. The number of carbonyl (C=O) groups excluding carboxylic acids is 1. The van der Waals surface area contributed by atoms with Gasteiger partial charge in [0, 0.05) is 5.39 Å². The number of aliphatic hydroxyl groups excluding tert-OH is 1. The summed E-state index contributed by atoms with van der Waals surface area (Å²) < 4.78 is 0. The molecule has 1 amide bonds. The molecule has 0 fully saturated rings. The molecule has 1 aromatic heterocycles. The number of aliphatic hydroxyl groups is 1. The zero-order valence-corrected chi connectivity index (χ0v) is 11.8. The molecule has 2 atom stereocenters. The number of hydrogen-bond donors (Lipinski definition) is 3. The van der Waals surface area contributed by atoms with Crippen LogP contribution in [0, 0.1) is 0 Å². The summed E-state index contributed by atoms with van der Waals surface area (Å²) >= 11 is 5.87. The highest BCUT2D eigenvalue weighted by Gasteiger charge is 2.26. The van der Waals surface area contributed by atoms with Crippen molar-refractivity contribution in [2.75, 3.05) is 0 Å². The smallest absolute Gasteiger partial charge is 0.328 e. The third-order valence-electron chi connectivity index (χ3n) is 2.96. The van der Waals surface area contributed by atoms with E-state index in [0.717, 1.165) is 0 Å². The molecule has 0 spiro atoms. The lowest BCUT2D eigenvalue weighted by molar-refractivity contribution is -0.141. The van der Waals surface area contributed by atoms with Gasteiger partial charge < -0.3 is 15.5 Å². The zero-order chi connectivity index (χ0) is 15.6. The molecule has 0 aliphatic rings. The van der Waals surface area contributed by atoms with Gasteiger partial charge in [-0.3, -0.25) is 4.79 Å². The average Bonchev–Trinajstić information content (AvgIpc) is 2.42. The van der Waals surface area contributed by atoms with Crippen molar-refractivity contribution in [1.29, 1.82) is 0 Å². The lowest BCUT2D eigenvalue weighted by Crippen LogP contribution is -2.47. The maximum absolute atomic E-state index is 12.3. The third kappa shape index (κ3) is 3.29. The lowest BCUT2D eigenvalue weighted by atomic mass is 10.1. The molecule has 110 valence electrons. The number of carboxylic acids is 1. The Labute approximate surface area is 125 Å². The number of fused-ring (bicyclic) bond motifs is 1. The van der Waals surface area contributed by atoms with Gasteiger partial charge >= 0.3 is 5.97 Å². The molecule has 0 radical (unpaired) electrons. The number of pyridine rings is 1. The topological polar surface area (TPSA) is 99.5 Å². The Morgan fingerprint density at radius 3 is 2.62 bits per heavy atom. The average molecular weight is 309 g/mol. The van der Waals surface area contributed by atoms with Crippen molar-refractivity contribution in [3.05, 3.63) is 41.0 Å². The normalized spacial score (nSPS) is 13.7. The van der Waals surface area contributed by atoms with Crippen molar-refractivity contribution in [1.82, 2.24) is 10.3 Å². The van der Waals surface area contributed by atoms with Crippen LogP contribution in [0.15, 0.2) is 30.3 Å². The number of nitrogens with one attached hydrogen (secondary N) is 1. The number of carboxylic acid groups (broad SMARTS) is 1. The summed E-state index contributed by atoms with van der Waals surface area (Å²) in [6.07, 6.45) is -1.23. The number of aliphatic carboxylic acids is 1. The van der Waals surface area contributed by atoms with E-state index >= 15 is 0 Å². The summed E-state index contributed by atoms with van der Waals surface area (Å²) in [4.78, 5) is 27.4. The Bertz CT molecular complexity index is 702. The van der Waals surface area contributed by atoms with Gasteiger partial charge in [-0.05, 0) is 19.1 Å². The van der Waals surface area contributed by atoms with Crippen LogP contribution >= 0.6 is 11.6 Å². The van der Waals surface area contributed by atoms with Crippen molar-refractivity contribution >= 4 is 34.4 Å². The molecule has 0 bridgehead atoms. The highest BCUT2D eigenvalue weighted by molar-refractivity contribution is 6.30. The summed E-state index contributed by atoms with van der Waals surface area (Å²) in [5, 5.41) is 21.4. The van der Waals surface area contributed by atoms with Gasteiger partial charge in [-0.25, -0.2) is 9.78 Å². The predicted octanol–water partition coefficient (Wildman–Crippen LogP) is 1.45. The van der Waals surface area contributed by atoms with Crippen LogP contribution in [0.3, 0.4) is 0 Å². The van der Waals surface area contributed by atoms with Crippen LogP contribution in [-0.4, -0.2) is 39.2 Å². The third-order valence-corrected chi connectivity index (χ3v) is 3.16. The maximum Gasteiger partial charge on any atom is 0.328 e. The maximum atomic E-state index is 12.3. The molecule has 7 heteroatoms. The minimum absolute atomic E-state index is 0.128. The number of para-hydroxylation sites is 1. The van der Waals surface area contributed by atoms with Crippen molar-refractivity contribution in [2.45, 2.75) is 19.1 Å². The van der Waals surface area contributed by atoms with Crippen molar-refractivity contribution in [3.8, 4) is 0 Å². The molecule has 2 aromatic rings. The van der Waals surface area contributed by atoms with Gasteiger partial charge in [0.25, 0.3) is 5.91 Å². The second-order valence-electron chi connectivity index (χ2n) is 4.54. The first kappa shape index (κ1) is 15.2. The first-order valence-corrected chi connectivity index (χ1v) is 6.55. The highest BCUT2D eigenvalue weighted by atomic mass is 35.5. The molecule has 1 heterocycles. The summed E-state index contributed by atoms with van der Waals surface area (Å²) in [6.45, 7) is 1.29. The first-order chi connectivity index (χ1) is 9.90. The minimum Gasteiger partial charge on any atom is -0.480 e. The van der Waals surface area contributed by atoms with Crippen molar-refractivity contribution in [3.63, 3.8) is 0 Å². The Kier molecular flexibility index (Phi) is 4.40. The van der Waals surface area contributed by atoms with Gasteiger partial charge in [-0.2, -0.15) is 0 Å². The monoisotopic (exact) mass is 308 g/mol. The van der Waals surface area contributed by atoms with E-state index in [1.165, 1.54) is 13.0 Å². The van der Waals surface area contributed by atoms with Gasteiger partial charge in [0.05, 0.1) is 17.2 Å². The summed E-state index contributed by atoms with van der Waals surface area (Å²) in [5.41, 5.74) is 0.733. The molecular weight excluding hydrogens is 296 g/mol. The number of halogens is 1. The lowest BCUT2D eigenvalue weighted by Gasteiger charge is -2.17. The largest absolute Gasteiger partial charge is 0.480 e. The molecule has 0 saturated heterocycles. The standard InChI is InChI=1S/C14H13ClN2O4/c1-7(18)12(14(20)21)17-13(19)9-6-11(15)16-10-5-3-2-4-8(9)10/h2-7,12,18H,1H3,(H,17,19)(H,20,21). The molecule has 3 N–H and O–H groups in total. The first-order valence-electron chi connectivity index (χ1n) is 6.17. The fourth-order valence-electron chi connectivity index (χ4n) is 1.94. The van der Waals surface area contributed by atoms with E-state index in [1.54, 1.807) is 24.3 Å². The molecule has 2 unspecified atom stereocenters. The predicted molar refractivity (Wildman–Crippen MR) is 77.3 cm³/mol. The quantitative estimate of drug-likeness (QED) is 0.742. The molecule has 1 aromatic carbocycles. The summed E-state index contributed by atoms with van der Waals surface area (Å²) in [6, 6.07) is 6.83. The van der Waals surface area contributed by atoms with Crippen LogP contribution in [-0.2, 0) is 4.79 Å². The van der Waals surface area contributed by atoms with E-state index in [-0.39, 0.29) is 10.7 Å². The molecule has 0 saturated carbocycles. The van der Waals surface area contributed by atoms with Crippen molar-refractivity contribution in [2.24, 2.45) is 0 Å². The van der Waals surface area contributed by atoms with E-state index in [4.69, 9.17) is 16.7 Å². The van der Waals surface area contributed by atoms with E-state index in [2.05, 4.69) is 10.3 Å². The fourth-order valence-corrected chi connectivity index (χ4v) is 2.14. The molecule has 21 heavy (non-hydrogen) atoms. The minimum atomic E-state index is -1.40. The van der Waals surface area contributed by atoms with Crippen LogP contribution in [0.1, 0.15) is 17.3 Å². The Hall–Kier alpha value is -2.18. The molecule has 6 nitrogen and oxygen atoms in total. The zero-order valence-electron chi connectivity index (χ0n) is 11.1. The van der Waals surface area contributed by atoms with Gasteiger partial charge in [-0.15, -0.1) is 0 Å². The Balaban J connectivity index is 2.42. The molecule has 0 aliphatic carbocycles. The van der Waals surface area contributed by atoms with Gasteiger partial charge in [0.15, 0.2) is 6.04 Å². The van der Waals surface area contributed by atoms with Crippen LogP contribution in [0.25, 0.3) is 10.9 Å². The number of hydrogen-bond acceptors (Lipinski definition) is 4. The molecular formula is C14H13ClN2O4. The van der Waals surface area contributed by atoms with Gasteiger partial charge in [-0.1, -0.05) is 29.8 Å². The summed E-state index contributed by atoms with van der Waals surface area (Å²) in [7, 11) is 0.